The van der Waals surface area contributed by atoms with Crippen molar-refractivity contribution in [3.63, 3.8) is 0 Å². The second kappa shape index (κ2) is 6.37. The van der Waals surface area contributed by atoms with Crippen molar-refractivity contribution in [1.82, 2.24) is 0 Å². The first-order valence-corrected chi connectivity index (χ1v) is 7.23. The number of rotatable bonds is 4. The molecule has 0 aliphatic rings. The Morgan fingerprint density at radius 2 is 1.80 bits per heavy atom. The van der Waals surface area contributed by atoms with Gasteiger partial charge in [-0.1, -0.05) is 28.1 Å². The van der Waals surface area contributed by atoms with Gasteiger partial charge in [0.25, 0.3) is 0 Å². The molecule has 0 radical (unpaired) electrons. The Bertz CT molecular complexity index is 582. The quantitative estimate of drug-likeness (QED) is 0.917. The molecule has 2 N–H and O–H groups in total. The monoisotopic (exact) mass is 336 g/mol. The largest absolute Gasteiger partial charge is 0.378 e. The van der Waals surface area contributed by atoms with E-state index in [-0.39, 0.29) is 11.9 Å². The van der Waals surface area contributed by atoms with Crippen molar-refractivity contribution in [3.8, 4) is 0 Å². The van der Waals surface area contributed by atoms with Crippen molar-refractivity contribution in [2.75, 3.05) is 19.0 Å². The van der Waals surface area contributed by atoms with Crippen LogP contribution in [0.15, 0.2) is 46.9 Å². The van der Waals surface area contributed by atoms with Crippen LogP contribution >= 0.6 is 15.9 Å². The van der Waals surface area contributed by atoms with Crippen LogP contribution in [0.5, 0.6) is 0 Å². The number of nitrogens with zero attached hydrogens (tertiary/aromatic N) is 1. The van der Waals surface area contributed by atoms with Gasteiger partial charge in [0, 0.05) is 30.3 Å². The van der Waals surface area contributed by atoms with Crippen molar-refractivity contribution in [3.05, 3.63) is 63.9 Å². The Morgan fingerprint density at radius 1 is 1.15 bits per heavy atom. The summed E-state index contributed by atoms with van der Waals surface area (Å²) in [4.78, 5) is 2.03. The van der Waals surface area contributed by atoms with Gasteiger partial charge in [0.1, 0.15) is 5.82 Å². The summed E-state index contributed by atoms with van der Waals surface area (Å²) in [5.74, 6) is -0.214. The summed E-state index contributed by atoms with van der Waals surface area (Å²) in [5, 5.41) is 0. The minimum atomic E-state index is -0.214. The molecule has 0 spiro atoms. The van der Waals surface area contributed by atoms with Crippen molar-refractivity contribution in [2.24, 2.45) is 5.73 Å². The molecule has 2 aromatic carbocycles. The van der Waals surface area contributed by atoms with E-state index < -0.39 is 0 Å². The molecule has 2 aromatic rings. The van der Waals surface area contributed by atoms with Gasteiger partial charge in [-0.05, 0) is 47.9 Å². The maximum atomic E-state index is 13.7. The van der Waals surface area contributed by atoms with Crippen molar-refractivity contribution < 1.29 is 4.39 Å². The van der Waals surface area contributed by atoms with Gasteiger partial charge < -0.3 is 10.6 Å². The van der Waals surface area contributed by atoms with Gasteiger partial charge in [0.05, 0.1) is 0 Å². The molecule has 0 heterocycles. The number of halogens is 2. The lowest BCUT2D eigenvalue weighted by molar-refractivity contribution is 0.593. The zero-order valence-electron chi connectivity index (χ0n) is 11.6. The molecule has 0 aliphatic heterocycles. The van der Waals surface area contributed by atoms with E-state index in [4.69, 9.17) is 5.73 Å². The summed E-state index contributed by atoms with van der Waals surface area (Å²) in [6.07, 6.45) is 0.479. The zero-order valence-corrected chi connectivity index (χ0v) is 13.2. The van der Waals surface area contributed by atoms with E-state index in [1.54, 1.807) is 12.1 Å². The van der Waals surface area contributed by atoms with Gasteiger partial charge in [-0.2, -0.15) is 0 Å². The Kier molecular flexibility index (Phi) is 4.78. The predicted octanol–water partition coefficient (Wildman–Crippen LogP) is 3.90. The Balaban J connectivity index is 2.15. The van der Waals surface area contributed by atoms with Crippen LogP contribution in [0.3, 0.4) is 0 Å². The van der Waals surface area contributed by atoms with Gasteiger partial charge in [-0.15, -0.1) is 0 Å². The van der Waals surface area contributed by atoms with Crippen molar-refractivity contribution in [1.29, 1.82) is 0 Å². The normalized spacial score (nSPS) is 12.2. The van der Waals surface area contributed by atoms with Gasteiger partial charge in [0.2, 0.25) is 0 Å². The van der Waals surface area contributed by atoms with Crippen LogP contribution in [0.25, 0.3) is 0 Å². The van der Waals surface area contributed by atoms with Gasteiger partial charge in [-0.3, -0.25) is 0 Å². The zero-order chi connectivity index (χ0) is 14.7. The highest BCUT2D eigenvalue weighted by molar-refractivity contribution is 9.10. The van der Waals surface area contributed by atoms with Crippen LogP contribution in [0, 0.1) is 5.82 Å². The smallest absolute Gasteiger partial charge is 0.126 e. The highest BCUT2D eigenvalue weighted by Crippen LogP contribution is 2.23. The Morgan fingerprint density at radius 3 is 2.40 bits per heavy atom. The minimum Gasteiger partial charge on any atom is -0.378 e. The molecule has 106 valence electrons. The standard InChI is InChI=1S/C16H18BrFN2/c1-20(2)14-6-3-11(4-7-14)16(19)10-12-9-13(17)5-8-15(12)18/h3-9,16H,10,19H2,1-2H3. The molecule has 0 aromatic heterocycles. The van der Waals surface area contributed by atoms with E-state index in [0.717, 1.165) is 15.7 Å². The van der Waals surface area contributed by atoms with E-state index in [0.29, 0.717) is 12.0 Å². The average Bonchev–Trinajstić information content (AvgIpc) is 2.43. The number of nitrogens with two attached hydrogens (primary N) is 1. The third-order valence-electron chi connectivity index (χ3n) is 3.29. The van der Waals surface area contributed by atoms with Crippen molar-refractivity contribution in [2.45, 2.75) is 12.5 Å². The molecular formula is C16H18BrFN2. The third kappa shape index (κ3) is 3.58. The fourth-order valence-corrected chi connectivity index (χ4v) is 2.48. The van der Waals surface area contributed by atoms with E-state index in [1.165, 1.54) is 6.07 Å². The summed E-state index contributed by atoms with van der Waals surface area (Å²) in [6, 6.07) is 12.8. The molecule has 0 aliphatic carbocycles. The molecule has 1 atom stereocenters. The molecule has 2 rings (SSSR count). The lowest BCUT2D eigenvalue weighted by atomic mass is 9.99. The molecule has 20 heavy (non-hydrogen) atoms. The van der Waals surface area contributed by atoms with E-state index in [1.807, 2.05) is 43.3 Å². The molecule has 0 fully saturated rings. The maximum Gasteiger partial charge on any atom is 0.126 e. The summed E-state index contributed by atoms with van der Waals surface area (Å²) in [5.41, 5.74) is 8.93. The van der Waals surface area contributed by atoms with Gasteiger partial charge in [-0.25, -0.2) is 4.39 Å². The van der Waals surface area contributed by atoms with E-state index >= 15 is 0 Å². The summed E-state index contributed by atoms with van der Waals surface area (Å²) < 4.78 is 14.6. The molecule has 1 unspecified atom stereocenters. The van der Waals surface area contributed by atoms with Crippen LogP contribution in [-0.2, 0) is 6.42 Å². The van der Waals surface area contributed by atoms with Crippen molar-refractivity contribution >= 4 is 21.6 Å². The second-order valence-electron chi connectivity index (χ2n) is 5.03. The summed E-state index contributed by atoms with van der Waals surface area (Å²) in [6.45, 7) is 0. The lowest BCUT2D eigenvalue weighted by Gasteiger charge is -2.16. The molecule has 4 heteroatoms. The first kappa shape index (κ1) is 15.0. The number of hydrogen-bond acceptors (Lipinski definition) is 2. The second-order valence-corrected chi connectivity index (χ2v) is 5.95. The summed E-state index contributed by atoms with van der Waals surface area (Å²) >= 11 is 3.35. The third-order valence-corrected chi connectivity index (χ3v) is 3.78. The van der Waals surface area contributed by atoms with Crippen LogP contribution in [0.1, 0.15) is 17.2 Å². The molecule has 0 bridgehead atoms. The fourth-order valence-electron chi connectivity index (χ4n) is 2.07. The molecule has 0 saturated carbocycles. The Labute approximate surface area is 127 Å². The van der Waals surface area contributed by atoms with E-state index in [2.05, 4.69) is 15.9 Å². The summed E-state index contributed by atoms with van der Waals surface area (Å²) in [7, 11) is 3.98. The Hall–Kier alpha value is -1.39. The minimum absolute atomic E-state index is 0.213. The molecular weight excluding hydrogens is 319 g/mol. The maximum absolute atomic E-state index is 13.7. The first-order valence-electron chi connectivity index (χ1n) is 6.44. The topological polar surface area (TPSA) is 29.3 Å². The number of anilines is 1. The predicted molar refractivity (Wildman–Crippen MR) is 85.5 cm³/mol. The van der Waals surface area contributed by atoms with Crippen LogP contribution in [0.4, 0.5) is 10.1 Å². The molecule has 0 saturated heterocycles. The molecule has 0 amide bonds. The number of hydrogen-bond donors (Lipinski definition) is 1. The number of benzene rings is 2. The SMILES string of the molecule is CN(C)c1ccc(C(N)Cc2cc(Br)ccc2F)cc1. The molecule has 2 nitrogen and oxygen atoms in total. The van der Waals surface area contributed by atoms with Gasteiger partial charge >= 0.3 is 0 Å². The van der Waals surface area contributed by atoms with Crippen LogP contribution < -0.4 is 10.6 Å². The average molecular weight is 337 g/mol. The fraction of sp³-hybridized carbons (Fsp3) is 0.250. The highest BCUT2D eigenvalue weighted by Gasteiger charge is 2.11. The first-order chi connectivity index (χ1) is 9.47. The van der Waals surface area contributed by atoms with Crippen LogP contribution in [0.2, 0.25) is 0 Å². The van der Waals surface area contributed by atoms with E-state index in [9.17, 15) is 4.39 Å². The van der Waals surface area contributed by atoms with Gasteiger partial charge in [0.15, 0.2) is 0 Å². The van der Waals surface area contributed by atoms with Crippen LogP contribution in [-0.4, -0.2) is 14.1 Å². The highest BCUT2D eigenvalue weighted by atomic mass is 79.9. The lowest BCUT2D eigenvalue weighted by Crippen LogP contribution is -2.15.